The minimum atomic E-state index is -0.742. The van der Waals surface area contributed by atoms with Crippen molar-refractivity contribution in [3.05, 3.63) is 54.1 Å². The van der Waals surface area contributed by atoms with Crippen molar-refractivity contribution in [2.24, 2.45) is 17.3 Å². The van der Waals surface area contributed by atoms with Crippen molar-refractivity contribution in [1.29, 1.82) is 0 Å². The van der Waals surface area contributed by atoms with Gasteiger partial charge in [0.05, 0.1) is 13.4 Å². The molecule has 0 radical (unpaired) electrons. The van der Waals surface area contributed by atoms with Crippen LogP contribution in [0.25, 0.3) is 0 Å². The van der Waals surface area contributed by atoms with Crippen LogP contribution < -0.4 is 5.32 Å². The van der Waals surface area contributed by atoms with Crippen LogP contribution in [0.5, 0.6) is 0 Å². The average molecular weight is 593 g/mol. The number of benzene rings is 1. The fraction of sp³-hybridized carbons (Fsp3) is 0.647. The summed E-state index contributed by atoms with van der Waals surface area (Å²) in [5.74, 6) is 0.615. The third kappa shape index (κ3) is 6.97. The summed E-state index contributed by atoms with van der Waals surface area (Å²) in [6, 6.07) is 8.07. The predicted molar refractivity (Wildman–Crippen MR) is 164 cm³/mol. The van der Waals surface area contributed by atoms with E-state index in [1.807, 2.05) is 30.3 Å². The number of amides is 3. The molecule has 2 saturated carbocycles. The quantitative estimate of drug-likeness (QED) is 0.315. The van der Waals surface area contributed by atoms with E-state index in [-0.39, 0.29) is 23.8 Å². The van der Waals surface area contributed by atoms with Gasteiger partial charge in [-0.05, 0) is 35.7 Å². The standard InChI is InChI=1S/C34H49N5O4/c1-34(2,27-17-11-6-12-18-27)23-36-31(40)30(19-25-13-7-4-8-14-25)39(3)32(41)29(20-28-21-35-24-37-28)38(39)33(42)43-22-26-15-9-5-10-16-26/h5,9-10,15-16,21,24-25,27,29-30H,4,6-8,11-14,17-20,22-23H2,1-3H3,(H-,35,36,37,40)/p+1/t29-,30?,39?/m0/s1. The van der Waals surface area contributed by atoms with Gasteiger partial charge in [-0.2, -0.15) is 0 Å². The van der Waals surface area contributed by atoms with Crippen molar-refractivity contribution in [3.63, 3.8) is 0 Å². The third-order valence-electron chi connectivity index (χ3n) is 10.5. The molecule has 3 aliphatic rings. The maximum absolute atomic E-state index is 14.2. The van der Waals surface area contributed by atoms with Crippen LogP contribution in [0.4, 0.5) is 4.79 Å². The fourth-order valence-electron chi connectivity index (χ4n) is 7.65. The van der Waals surface area contributed by atoms with Crippen molar-refractivity contribution in [2.75, 3.05) is 13.6 Å². The van der Waals surface area contributed by atoms with Gasteiger partial charge >= 0.3 is 12.0 Å². The van der Waals surface area contributed by atoms with Crippen molar-refractivity contribution in [3.8, 4) is 0 Å². The lowest BCUT2D eigenvalue weighted by atomic mass is 9.71. The molecule has 2 aromatic rings. The second kappa shape index (κ2) is 13.6. The lowest BCUT2D eigenvalue weighted by Crippen LogP contribution is -2.85. The zero-order chi connectivity index (χ0) is 30.5. The zero-order valence-electron chi connectivity index (χ0n) is 26.2. The molecule has 2 unspecified atom stereocenters. The van der Waals surface area contributed by atoms with Gasteiger partial charge in [-0.25, -0.2) is 14.6 Å². The van der Waals surface area contributed by atoms with Gasteiger partial charge in [-0.1, -0.05) is 95.5 Å². The molecular formula is C34H50N5O4+. The Morgan fingerprint density at radius 3 is 2.40 bits per heavy atom. The molecule has 2 aliphatic carbocycles. The van der Waals surface area contributed by atoms with E-state index in [2.05, 4.69) is 29.1 Å². The fourth-order valence-corrected chi connectivity index (χ4v) is 7.65. The minimum Gasteiger partial charge on any atom is -0.441 e. The predicted octanol–water partition coefficient (Wildman–Crippen LogP) is 5.92. The number of ether oxygens (including phenoxy) is 1. The molecule has 3 amide bonds. The molecule has 3 atom stereocenters. The highest BCUT2D eigenvalue weighted by molar-refractivity contribution is 5.90. The zero-order valence-corrected chi connectivity index (χ0v) is 26.2. The SMILES string of the molecule is CC(C)(CNC(=O)C(CC1CCCCC1)[N+]1(C)C(=O)[C@H](Cc2cnc[nH]2)N1C(=O)OCc1ccccc1)C1CCCCC1. The Kier molecular flexibility index (Phi) is 9.89. The number of nitrogens with zero attached hydrogens (tertiary/aromatic N) is 3. The molecule has 1 saturated heterocycles. The summed E-state index contributed by atoms with van der Waals surface area (Å²) in [4.78, 5) is 49.3. The van der Waals surface area contributed by atoms with Crippen molar-refractivity contribution < 1.29 is 23.7 Å². The first-order valence-corrected chi connectivity index (χ1v) is 16.4. The number of aromatic nitrogens is 2. The summed E-state index contributed by atoms with van der Waals surface area (Å²) < 4.78 is 5.41. The summed E-state index contributed by atoms with van der Waals surface area (Å²) >= 11 is 0. The van der Waals surface area contributed by atoms with Gasteiger partial charge in [0.15, 0.2) is 6.04 Å². The van der Waals surface area contributed by atoms with Gasteiger partial charge in [0.1, 0.15) is 6.61 Å². The van der Waals surface area contributed by atoms with E-state index in [9.17, 15) is 14.4 Å². The Morgan fingerprint density at radius 2 is 1.74 bits per heavy atom. The molecule has 234 valence electrons. The van der Waals surface area contributed by atoms with E-state index in [1.165, 1.54) is 43.5 Å². The van der Waals surface area contributed by atoms with E-state index < -0.39 is 22.8 Å². The molecule has 43 heavy (non-hydrogen) atoms. The van der Waals surface area contributed by atoms with E-state index >= 15 is 0 Å². The second-order valence-electron chi connectivity index (χ2n) is 13.8. The molecule has 0 spiro atoms. The van der Waals surface area contributed by atoms with Gasteiger partial charge < -0.3 is 15.0 Å². The van der Waals surface area contributed by atoms with E-state index in [1.54, 1.807) is 19.6 Å². The Labute approximate surface area is 256 Å². The van der Waals surface area contributed by atoms with Crippen LogP contribution in [-0.4, -0.2) is 63.2 Å². The van der Waals surface area contributed by atoms with Crippen LogP contribution >= 0.6 is 0 Å². The number of hydrogen-bond acceptors (Lipinski definition) is 5. The lowest BCUT2D eigenvalue weighted by molar-refractivity contribution is -0.990. The molecule has 0 bridgehead atoms. The molecule has 9 nitrogen and oxygen atoms in total. The van der Waals surface area contributed by atoms with Gasteiger partial charge in [-0.15, -0.1) is 9.60 Å². The van der Waals surface area contributed by atoms with Gasteiger partial charge in [0.25, 0.3) is 5.91 Å². The Morgan fingerprint density at radius 1 is 1.07 bits per heavy atom. The highest BCUT2D eigenvalue weighted by Gasteiger charge is 2.68. The molecule has 9 heteroatoms. The van der Waals surface area contributed by atoms with E-state index in [4.69, 9.17) is 4.74 Å². The largest absolute Gasteiger partial charge is 0.456 e. The first-order chi connectivity index (χ1) is 20.7. The second-order valence-corrected chi connectivity index (χ2v) is 13.8. The summed E-state index contributed by atoms with van der Waals surface area (Å²) in [5, 5.41) is 4.79. The number of carbonyl (C=O) groups excluding carboxylic acids is 3. The summed E-state index contributed by atoms with van der Waals surface area (Å²) in [7, 11) is 1.73. The Hall–Kier alpha value is -3.20. The first kappa shape index (κ1) is 31.2. The van der Waals surface area contributed by atoms with E-state index in [0.29, 0.717) is 31.2 Å². The molecule has 3 fully saturated rings. The highest BCUT2D eigenvalue weighted by atomic mass is 16.6. The highest BCUT2D eigenvalue weighted by Crippen LogP contribution is 2.40. The molecule has 1 aromatic heterocycles. The first-order valence-electron chi connectivity index (χ1n) is 16.4. The third-order valence-corrected chi connectivity index (χ3v) is 10.5. The van der Waals surface area contributed by atoms with E-state index in [0.717, 1.165) is 36.9 Å². The van der Waals surface area contributed by atoms with Crippen LogP contribution in [0.3, 0.4) is 0 Å². The summed E-state index contributed by atoms with van der Waals surface area (Å²) in [6.07, 6.45) is 15.2. The maximum Gasteiger partial charge on any atom is 0.456 e. The maximum atomic E-state index is 14.2. The van der Waals surface area contributed by atoms with Crippen molar-refractivity contribution >= 4 is 17.9 Å². The van der Waals surface area contributed by atoms with Crippen LogP contribution in [0.2, 0.25) is 0 Å². The van der Waals surface area contributed by atoms with Crippen LogP contribution in [-0.2, 0) is 27.4 Å². The molecule has 5 rings (SSSR count). The lowest BCUT2D eigenvalue weighted by Gasteiger charge is -2.54. The smallest absolute Gasteiger partial charge is 0.441 e. The molecule has 1 aliphatic heterocycles. The number of nitrogens with one attached hydrogen (secondary N) is 2. The number of likely N-dealkylation sites (N-methyl/N-ethyl adjacent to an activating group) is 1. The summed E-state index contributed by atoms with van der Waals surface area (Å²) in [6.45, 7) is 5.15. The minimum absolute atomic E-state index is 0.0412. The number of aromatic amines is 1. The van der Waals surface area contributed by atoms with Gasteiger partial charge in [0, 0.05) is 31.3 Å². The van der Waals surface area contributed by atoms with Crippen LogP contribution in [0, 0.1) is 17.3 Å². The normalized spacial score (nSPS) is 24.3. The van der Waals surface area contributed by atoms with Crippen molar-refractivity contribution in [1.82, 2.24) is 20.3 Å². The van der Waals surface area contributed by atoms with Gasteiger partial charge in [-0.3, -0.25) is 4.79 Å². The molecular weight excluding hydrogens is 542 g/mol. The summed E-state index contributed by atoms with van der Waals surface area (Å²) in [5.41, 5.74) is 1.58. The molecule has 1 aromatic carbocycles. The number of hydrogen-bond donors (Lipinski definition) is 2. The molecule has 2 heterocycles. The van der Waals surface area contributed by atoms with Crippen LogP contribution in [0.15, 0.2) is 42.9 Å². The average Bonchev–Trinajstić information content (AvgIpc) is 3.56. The number of H-pyrrole nitrogens is 1. The Bertz CT molecular complexity index is 1220. The van der Waals surface area contributed by atoms with Crippen molar-refractivity contribution in [2.45, 2.75) is 110 Å². The topological polar surface area (TPSA) is 104 Å². The number of quaternary nitrogens is 1. The number of imidazole rings is 1. The van der Waals surface area contributed by atoms with Crippen LogP contribution in [0.1, 0.15) is 95.7 Å². The number of carbonyl (C=O) groups is 3. The molecule has 2 N–H and O–H groups in total. The van der Waals surface area contributed by atoms with Gasteiger partial charge in [0.2, 0.25) is 6.04 Å². The monoisotopic (exact) mass is 592 g/mol. The Balaban J connectivity index is 1.39. The number of rotatable bonds is 11.